The zero-order valence-corrected chi connectivity index (χ0v) is 11.6. The van der Waals surface area contributed by atoms with Crippen LogP contribution < -0.4 is 10.1 Å². The van der Waals surface area contributed by atoms with Crippen LogP contribution in [0.3, 0.4) is 0 Å². The number of aliphatic carboxylic acids is 1. The first-order valence-corrected chi connectivity index (χ1v) is 6.98. The van der Waals surface area contributed by atoms with Gasteiger partial charge in [-0.1, -0.05) is 0 Å². The van der Waals surface area contributed by atoms with Gasteiger partial charge in [0, 0.05) is 6.04 Å². The van der Waals surface area contributed by atoms with Crippen molar-refractivity contribution < 1.29 is 24.5 Å². The molecule has 1 aromatic carbocycles. The smallest absolute Gasteiger partial charge is 0.306 e. The molecule has 6 nitrogen and oxygen atoms in total. The Bertz CT molecular complexity index is 491. The minimum absolute atomic E-state index is 0.0246. The van der Waals surface area contributed by atoms with E-state index in [4.69, 9.17) is 14.9 Å². The molecule has 6 heteroatoms. The highest BCUT2D eigenvalue weighted by molar-refractivity contribution is 5.78. The minimum atomic E-state index is -0.754. The number of hydrogen-bond donors (Lipinski definition) is 3. The Kier molecular flexibility index (Phi) is 5.03. The average Bonchev–Trinajstić information content (AvgIpc) is 2.47. The van der Waals surface area contributed by atoms with E-state index in [9.17, 15) is 9.59 Å². The molecule has 21 heavy (non-hydrogen) atoms. The van der Waals surface area contributed by atoms with Gasteiger partial charge in [0.1, 0.15) is 11.5 Å². The summed E-state index contributed by atoms with van der Waals surface area (Å²) in [4.78, 5) is 22.6. The number of rotatable bonds is 5. The summed E-state index contributed by atoms with van der Waals surface area (Å²) in [5, 5.41) is 20.9. The summed E-state index contributed by atoms with van der Waals surface area (Å²) in [5.74, 6) is -0.608. The number of carbonyl (C=O) groups excluding carboxylic acids is 1. The van der Waals surface area contributed by atoms with Gasteiger partial charge in [-0.05, 0) is 49.9 Å². The van der Waals surface area contributed by atoms with Gasteiger partial charge < -0.3 is 20.3 Å². The van der Waals surface area contributed by atoms with Gasteiger partial charge in [-0.3, -0.25) is 9.59 Å². The Hall–Kier alpha value is -2.24. The Morgan fingerprint density at radius 3 is 2.33 bits per heavy atom. The molecule has 0 aromatic heterocycles. The molecule has 2 rings (SSSR count). The first-order valence-electron chi connectivity index (χ1n) is 6.98. The highest BCUT2D eigenvalue weighted by Crippen LogP contribution is 2.24. The van der Waals surface area contributed by atoms with E-state index >= 15 is 0 Å². The lowest BCUT2D eigenvalue weighted by Gasteiger charge is -2.26. The third-order valence-corrected chi connectivity index (χ3v) is 3.65. The van der Waals surface area contributed by atoms with E-state index in [2.05, 4.69) is 5.32 Å². The van der Waals surface area contributed by atoms with Gasteiger partial charge in [-0.25, -0.2) is 0 Å². The van der Waals surface area contributed by atoms with Gasteiger partial charge >= 0.3 is 5.97 Å². The Morgan fingerprint density at radius 2 is 1.76 bits per heavy atom. The van der Waals surface area contributed by atoms with Gasteiger partial charge in [0.25, 0.3) is 5.91 Å². The number of nitrogens with one attached hydrogen (secondary N) is 1. The van der Waals surface area contributed by atoms with E-state index in [1.807, 2.05) is 0 Å². The largest absolute Gasteiger partial charge is 0.508 e. The first kappa shape index (κ1) is 15.2. The molecule has 3 N–H and O–H groups in total. The van der Waals surface area contributed by atoms with Crippen LogP contribution in [0.2, 0.25) is 0 Å². The molecule has 1 aliphatic carbocycles. The topological polar surface area (TPSA) is 95.9 Å². The lowest BCUT2D eigenvalue weighted by molar-refractivity contribution is -0.142. The lowest BCUT2D eigenvalue weighted by atomic mass is 9.86. The van der Waals surface area contributed by atoms with Crippen LogP contribution in [0, 0.1) is 5.92 Å². The fourth-order valence-electron chi connectivity index (χ4n) is 2.45. The molecule has 0 aliphatic heterocycles. The van der Waals surface area contributed by atoms with Crippen molar-refractivity contribution in [2.45, 2.75) is 31.7 Å². The number of aromatic hydroxyl groups is 1. The quantitative estimate of drug-likeness (QED) is 0.765. The van der Waals surface area contributed by atoms with Crippen LogP contribution in [0.15, 0.2) is 24.3 Å². The van der Waals surface area contributed by atoms with Gasteiger partial charge in [0.2, 0.25) is 0 Å². The molecular weight excluding hydrogens is 274 g/mol. The molecule has 0 unspecified atom stereocenters. The van der Waals surface area contributed by atoms with E-state index in [0.29, 0.717) is 31.4 Å². The molecule has 1 aliphatic rings. The van der Waals surface area contributed by atoms with Crippen LogP contribution in [-0.4, -0.2) is 34.7 Å². The second kappa shape index (κ2) is 6.97. The van der Waals surface area contributed by atoms with Crippen LogP contribution in [0.25, 0.3) is 0 Å². The number of ether oxygens (including phenoxy) is 1. The molecule has 1 fully saturated rings. The van der Waals surface area contributed by atoms with Crippen molar-refractivity contribution in [3.05, 3.63) is 24.3 Å². The molecule has 1 saturated carbocycles. The number of amides is 1. The van der Waals surface area contributed by atoms with Crippen LogP contribution in [0.5, 0.6) is 11.5 Å². The maximum absolute atomic E-state index is 11.8. The van der Waals surface area contributed by atoms with Crippen molar-refractivity contribution in [2.75, 3.05) is 6.61 Å². The zero-order valence-electron chi connectivity index (χ0n) is 11.6. The molecule has 0 saturated heterocycles. The molecule has 1 aromatic rings. The number of hydrogen-bond acceptors (Lipinski definition) is 4. The van der Waals surface area contributed by atoms with E-state index < -0.39 is 5.97 Å². The summed E-state index contributed by atoms with van der Waals surface area (Å²) in [6.07, 6.45) is 2.56. The normalized spacial score (nSPS) is 21.5. The fourth-order valence-corrected chi connectivity index (χ4v) is 2.45. The number of benzene rings is 1. The zero-order chi connectivity index (χ0) is 15.2. The number of phenols is 1. The average molecular weight is 293 g/mol. The summed E-state index contributed by atoms with van der Waals surface area (Å²) in [6.45, 7) is -0.0936. The standard InChI is InChI=1S/C15H19NO5/c17-12-5-7-13(8-6-12)21-9-14(18)16-11-3-1-10(2-4-11)15(19)20/h5-8,10-11,17H,1-4,9H2,(H,16,18)(H,19,20). The summed E-state index contributed by atoms with van der Waals surface area (Å²) < 4.78 is 5.31. The number of carboxylic acid groups (broad SMARTS) is 1. The van der Waals surface area contributed by atoms with Gasteiger partial charge in [-0.2, -0.15) is 0 Å². The number of carbonyl (C=O) groups is 2. The second-order valence-electron chi connectivity index (χ2n) is 5.24. The van der Waals surface area contributed by atoms with E-state index in [-0.39, 0.29) is 30.2 Å². The summed E-state index contributed by atoms with van der Waals surface area (Å²) >= 11 is 0. The maximum Gasteiger partial charge on any atom is 0.306 e. The molecule has 0 heterocycles. The lowest BCUT2D eigenvalue weighted by Crippen LogP contribution is -2.40. The van der Waals surface area contributed by atoms with Crippen molar-refractivity contribution in [1.82, 2.24) is 5.32 Å². The maximum atomic E-state index is 11.8. The third kappa shape index (κ3) is 4.66. The summed E-state index contributed by atoms with van der Waals surface area (Å²) in [7, 11) is 0. The van der Waals surface area contributed by atoms with Crippen LogP contribution >= 0.6 is 0 Å². The molecule has 1 amide bonds. The monoisotopic (exact) mass is 293 g/mol. The summed E-state index contributed by atoms with van der Waals surface area (Å²) in [5.41, 5.74) is 0. The van der Waals surface area contributed by atoms with Crippen molar-refractivity contribution in [2.24, 2.45) is 5.92 Å². The van der Waals surface area contributed by atoms with Gasteiger partial charge in [0.05, 0.1) is 5.92 Å². The van der Waals surface area contributed by atoms with E-state index in [1.54, 1.807) is 12.1 Å². The predicted molar refractivity (Wildman–Crippen MR) is 75.1 cm³/mol. The Morgan fingerprint density at radius 1 is 1.14 bits per heavy atom. The predicted octanol–water partition coefficient (Wildman–Crippen LogP) is 1.53. The summed E-state index contributed by atoms with van der Waals surface area (Å²) in [6, 6.07) is 6.17. The van der Waals surface area contributed by atoms with Gasteiger partial charge in [-0.15, -0.1) is 0 Å². The van der Waals surface area contributed by atoms with E-state index in [0.717, 1.165) is 0 Å². The van der Waals surface area contributed by atoms with Crippen LogP contribution in [0.1, 0.15) is 25.7 Å². The van der Waals surface area contributed by atoms with Crippen molar-refractivity contribution in [1.29, 1.82) is 0 Å². The van der Waals surface area contributed by atoms with Gasteiger partial charge in [0.15, 0.2) is 6.61 Å². The van der Waals surface area contributed by atoms with Crippen LogP contribution in [0.4, 0.5) is 0 Å². The molecule has 0 radical (unpaired) electrons. The SMILES string of the molecule is O=C(COc1ccc(O)cc1)NC1CCC(C(=O)O)CC1. The Labute approximate surface area is 122 Å². The molecular formula is C15H19NO5. The third-order valence-electron chi connectivity index (χ3n) is 3.65. The van der Waals surface area contributed by atoms with Crippen LogP contribution in [-0.2, 0) is 9.59 Å². The highest BCUT2D eigenvalue weighted by atomic mass is 16.5. The van der Waals surface area contributed by atoms with Crippen molar-refractivity contribution in [3.8, 4) is 11.5 Å². The molecule has 0 atom stereocenters. The number of phenolic OH excluding ortho intramolecular Hbond substituents is 1. The number of carboxylic acids is 1. The highest BCUT2D eigenvalue weighted by Gasteiger charge is 2.26. The van der Waals surface area contributed by atoms with Crippen molar-refractivity contribution >= 4 is 11.9 Å². The second-order valence-corrected chi connectivity index (χ2v) is 5.24. The van der Waals surface area contributed by atoms with Crippen molar-refractivity contribution in [3.63, 3.8) is 0 Å². The Balaban J connectivity index is 1.70. The molecule has 0 spiro atoms. The molecule has 0 bridgehead atoms. The molecule has 114 valence electrons. The first-order chi connectivity index (χ1) is 10.0. The minimum Gasteiger partial charge on any atom is -0.508 e. The van der Waals surface area contributed by atoms with E-state index in [1.165, 1.54) is 12.1 Å². The fraction of sp³-hybridized carbons (Fsp3) is 0.467.